The van der Waals surface area contributed by atoms with Crippen LogP contribution in [-0.4, -0.2) is 23.1 Å². The number of hydrogen-bond donors (Lipinski definition) is 3. The SMILES string of the molecule is C[C@H](SCc1ccccc1)C(=O)Nc1cccc([C@@]2(C)NC(=O)NC2=O)c1. The summed E-state index contributed by atoms with van der Waals surface area (Å²) in [5.41, 5.74) is 1.21. The first-order chi connectivity index (χ1) is 12.9. The lowest BCUT2D eigenvalue weighted by molar-refractivity contribution is -0.123. The molecule has 0 aliphatic carbocycles. The van der Waals surface area contributed by atoms with E-state index in [4.69, 9.17) is 0 Å². The molecule has 0 aromatic heterocycles. The maximum Gasteiger partial charge on any atom is 0.322 e. The van der Waals surface area contributed by atoms with Crippen LogP contribution in [0.3, 0.4) is 0 Å². The Bertz CT molecular complexity index is 872. The average Bonchev–Trinajstić information content (AvgIpc) is 2.93. The number of benzene rings is 2. The Morgan fingerprint density at radius 1 is 1.15 bits per heavy atom. The van der Waals surface area contributed by atoms with E-state index in [1.807, 2.05) is 37.3 Å². The standard InChI is InChI=1S/C20H21N3O3S/c1-13(27-12-14-7-4-3-5-8-14)17(24)21-16-10-6-9-15(11-16)20(2)18(25)22-19(26)23-20/h3-11,13H,12H2,1-2H3,(H,21,24)(H2,22,23,25,26)/t13-,20+/m0/s1. The molecule has 3 rings (SSSR count). The number of anilines is 1. The predicted molar refractivity (Wildman–Crippen MR) is 106 cm³/mol. The van der Waals surface area contributed by atoms with Crippen LogP contribution < -0.4 is 16.0 Å². The van der Waals surface area contributed by atoms with Crippen LogP contribution in [-0.2, 0) is 20.9 Å². The van der Waals surface area contributed by atoms with Gasteiger partial charge in [0.2, 0.25) is 5.91 Å². The van der Waals surface area contributed by atoms with Crippen LogP contribution in [0.15, 0.2) is 54.6 Å². The van der Waals surface area contributed by atoms with Crippen molar-refractivity contribution in [2.45, 2.75) is 30.4 Å². The summed E-state index contributed by atoms with van der Waals surface area (Å²) in [6, 6.07) is 16.4. The number of thioether (sulfide) groups is 1. The summed E-state index contributed by atoms with van der Waals surface area (Å²) in [5, 5.41) is 7.50. The number of carbonyl (C=O) groups is 3. The minimum atomic E-state index is -1.15. The molecule has 7 heteroatoms. The first-order valence-electron chi connectivity index (χ1n) is 8.59. The smallest absolute Gasteiger partial charge is 0.322 e. The Balaban J connectivity index is 1.64. The first kappa shape index (κ1) is 19.0. The molecule has 1 aliphatic heterocycles. The molecule has 3 N–H and O–H groups in total. The van der Waals surface area contributed by atoms with Gasteiger partial charge in [0.05, 0.1) is 5.25 Å². The third-order valence-corrected chi connectivity index (χ3v) is 5.68. The van der Waals surface area contributed by atoms with E-state index in [0.717, 1.165) is 5.75 Å². The normalized spacial score (nSPS) is 19.9. The highest BCUT2D eigenvalue weighted by Gasteiger charge is 2.43. The number of nitrogens with one attached hydrogen (secondary N) is 3. The maximum absolute atomic E-state index is 12.5. The molecule has 4 amide bonds. The molecule has 2 atom stereocenters. The Kier molecular flexibility index (Phi) is 5.51. The van der Waals surface area contributed by atoms with Gasteiger partial charge in [-0.15, -0.1) is 11.8 Å². The number of carbonyl (C=O) groups excluding carboxylic acids is 3. The monoisotopic (exact) mass is 383 g/mol. The molecule has 1 fully saturated rings. The van der Waals surface area contributed by atoms with Crippen molar-refractivity contribution in [2.75, 3.05) is 5.32 Å². The molecule has 0 spiro atoms. The molecule has 0 radical (unpaired) electrons. The van der Waals surface area contributed by atoms with E-state index in [-0.39, 0.29) is 11.2 Å². The largest absolute Gasteiger partial charge is 0.325 e. The van der Waals surface area contributed by atoms with Crippen molar-refractivity contribution in [1.82, 2.24) is 10.6 Å². The van der Waals surface area contributed by atoms with Gasteiger partial charge in [0.1, 0.15) is 5.54 Å². The van der Waals surface area contributed by atoms with Gasteiger partial charge in [-0.05, 0) is 37.1 Å². The predicted octanol–water partition coefficient (Wildman–Crippen LogP) is 3.00. The molecule has 1 heterocycles. The zero-order valence-corrected chi connectivity index (χ0v) is 15.9. The van der Waals surface area contributed by atoms with Crippen LogP contribution >= 0.6 is 11.8 Å². The molecule has 27 heavy (non-hydrogen) atoms. The number of amides is 4. The van der Waals surface area contributed by atoms with Gasteiger partial charge in [0, 0.05) is 11.4 Å². The quantitative estimate of drug-likeness (QED) is 0.669. The lowest BCUT2D eigenvalue weighted by Gasteiger charge is -2.22. The Morgan fingerprint density at radius 2 is 1.89 bits per heavy atom. The summed E-state index contributed by atoms with van der Waals surface area (Å²) in [6.07, 6.45) is 0. The average molecular weight is 383 g/mol. The van der Waals surface area contributed by atoms with Gasteiger partial charge in [-0.25, -0.2) is 4.79 Å². The van der Waals surface area contributed by atoms with Crippen molar-refractivity contribution in [3.05, 3.63) is 65.7 Å². The molecule has 0 saturated carbocycles. The fourth-order valence-electron chi connectivity index (χ4n) is 2.77. The highest BCUT2D eigenvalue weighted by Crippen LogP contribution is 2.27. The summed E-state index contributed by atoms with van der Waals surface area (Å²) < 4.78 is 0. The van der Waals surface area contributed by atoms with Gasteiger partial charge in [-0.3, -0.25) is 14.9 Å². The molecule has 0 unspecified atom stereocenters. The molecule has 2 aromatic rings. The molecule has 1 saturated heterocycles. The van der Waals surface area contributed by atoms with Gasteiger partial charge in [-0.2, -0.15) is 0 Å². The summed E-state index contributed by atoms with van der Waals surface area (Å²) in [4.78, 5) is 36.0. The van der Waals surface area contributed by atoms with E-state index < -0.39 is 17.5 Å². The van der Waals surface area contributed by atoms with Crippen molar-refractivity contribution < 1.29 is 14.4 Å². The van der Waals surface area contributed by atoms with Crippen LogP contribution in [0, 0.1) is 0 Å². The third-order valence-electron chi connectivity index (χ3n) is 4.46. The lowest BCUT2D eigenvalue weighted by Crippen LogP contribution is -2.40. The molecule has 0 bridgehead atoms. The summed E-state index contributed by atoms with van der Waals surface area (Å²) in [6.45, 7) is 3.49. The fourth-order valence-corrected chi connectivity index (χ4v) is 3.61. The zero-order chi connectivity index (χ0) is 19.4. The van der Waals surface area contributed by atoms with E-state index in [2.05, 4.69) is 16.0 Å². The van der Waals surface area contributed by atoms with E-state index >= 15 is 0 Å². The number of urea groups is 1. The van der Waals surface area contributed by atoms with E-state index in [9.17, 15) is 14.4 Å². The third kappa shape index (κ3) is 4.31. The Morgan fingerprint density at radius 3 is 2.56 bits per heavy atom. The molecule has 2 aromatic carbocycles. The zero-order valence-electron chi connectivity index (χ0n) is 15.1. The van der Waals surface area contributed by atoms with Crippen LogP contribution in [0.5, 0.6) is 0 Å². The minimum absolute atomic E-state index is 0.113. The lowest BCUT2D eigenvalue weighted by atomic mass is 9.92. The molecule has 140 valence electrons. The highest BCUT2D eigenvalue weighted by molar-refractivity contribution is 7.99. The van der Waals surface area contributed by atoms with Gasteiger partial charge < -0.3 is 10.6 Å². The van der Waals surface area contributed by atoms with Crippen molar-refractivity contribution in [3.63, 3.8) is 0 Å². The summed E-state index contributed by atoms with van der Waals surface area (Å²) >= 11 is 1.55. The highest BCUT2D eigenvalue weighted by atomic mass is 32.2. The molecule has 1 aliphatic rings. The van der Waals surface area contributed by atoms with Crippen molar-refractivity contribution in [2.24, 2.45) is 0 Å². The van der Waals surface area contributed by atoms with Gasteiger partial charge in [-0.1, -0.05) is 42.5 Å². The Hall–Kier alpha value is -2.80. The topological polar surface area (TPSA) is 87.3 Å². The number of imide groups is 1. The van der Waals surface area contributed by atoms with E-state index in [1.165, 1.54) is 5.56 Å². The van der Waals surface area contributed by atoms with Gasteiger partial charge in [0.25, 0.3) is 5.91 Å². The molecule has 6 nitrogen and oxygen atoms in total. The van der Waals surface area contributed by atoms with E-state index in [1.54, 1.807) is 43.0 Å². The van der Waals surface area contributed by atoms with Crippen molar-refractivity contribution in [1.29, 1.82) is 0 Å². The fraction of sp³-hybridized carbons (Fsp3) is 0.250. The van der Waals surface area contributed by atoms with Crippen LogP contribution in [0.4, 0.5) is 10.5 Å². The minimum Gasteiger partial charge on any atom is -0.325 e. The second kappa shape index (κ2) is 7.84. The van der Waals surface area contributed by atoms with Gasteiger partial charge in [0.15, 0.2) is 0 Å². The van der Waals surface area contributed by atoms with Crippen molar-refractivity contribution >= 4 is 35.3 Å². The molecular formula is C20H21N3O3S. The second-order valence-corrected chi connectivity index (χ2v) is 7.87. The van der Waals surface area contributed by atoms with Crippen LogP contribution in [0.2, 0.25) is 0 Å². The molecular weight excluding hydrogens is 362 g/mol. The van der Waals surface area contributed by atoms with Crippen LogP contribution in [0.25, 0.3) is 0 Å². The second-order valence-electron chi connectivity index (χ2n) is 6.54. The van der Waals surface area contributed by atoms with E-state index in [0.29, 0.717) is 11.3 Å². The summed E-state index contributed by atoms with van der Waals surface area (Å²) in [5.74, 6) is 0.223. The van der Waals surface area contributed by atoms with Gasteiger partial charge >= 0.3 is 6.03 Å². The summed E-state index contributed by atoms with van der Waals surface area (Å²) in [7, 11) is 0. The van der Waals surface area contributed by atoms with Crippen molar-refractivity contribution in [3.8, 4) is 0 Å². The first-order valence-corrected chi connectivity index (χ1v) is 9.64. The maximum atomic E-state index is 12.5. The van der Waals surface area contributed by atoms with Crippen LogP contribution in [0.1, 0.15) is 25.0 Å². The number of hydrogen-bond acceptors (Lipinski definition) is 4. The number of rotatable bonds is 6. The Labute approximate surface area is 162 Å².